The van der Waals surface area contributed by atoms with Gasteiger partial charge in [0.25, 0.3) is 0 Å². The third-order valence-electron chi connectivity index (χ3n) is 3.23. The summed E-state index contributed by atoms with van der Waals surface area (Å²) in [5.41, 5.74) is 1.10. The lowest BCUT2D eigenvalue weighted by atomic mass is 9.93. The molecule has 2 heterocycles. The second kappa shape index (κ2) is 5.86. The van der Waals surface area contributed by atoms with Gasteiger partial charge >= 0.3 is 0 Å². The van der Waals surface area contributed by atoms with Crippen LogP contribution < -0.4 is 10.6 Å². The van der Waals surface area contributed by atoms with Crippen LogP contribution in [0.3, 0.4) is 0 Å². The van der Waals surface area contributed by atoms with E-state index in [1.807, 2.05) is 20.0 Å². The Hall–Kier alpha value is -1.85. The van der Waals surface area contributed by atoms with E-state index in [9.17, 15) is 9.59 Å². The second-order valence-corrected chi connectivity index (χ2v) is 5.24. The van der Waals surface area contributed by atoms with Crippen LogP contribution in [0, 0.1) is 12.8 Å². The third-order valence-corrected chi connectivity index (χ3v) is 3.23. The molecule has 2 amide bonds. The Bertz CT molecular complexity index is 469. The van der Waals surface area contributed by atoms with E-state index in [2.05, 4.69) is 15.7 Å². The Morgan fingerprint density at radius 1 is 1.63 bits per heavy atom. The average Bonchev–Trinajstić information content (AvgIpc) is 2.73. The van der Waals surface area contributed by atoms with Crippen molar-refractivity contribution in [3.63, 3.8) is 0 Å². The van der Waals surface area contributed by atoms with Gasteiger partial charge in [-0.2, -0.15) is 5.10 Å². The molecule has 0 aliphatic carbocycles. The third kappa shape index (κ3) is 3.81. The number of piperidine rings is 1. The number of aromatic nitrogens is 2. The molecule has 1 aromatic rings. The lowest BCUT2D eigenvalue weighted by molar-refractivity contribution is -0.132. The van der Waals surface area contributed by atoms with Crippen molar-refractivity contribution < 1.29 is 9.59 Å². The molecule has 1 fully saturated rings. The summed E-state index contributed by atoms with van der Waals surface area (Å²) in [6.45, 7) is 5.11. The van der Waals surface area contributed by atoms with Gasteiger partial charge < -0.3 is 10.6 Å². The first kappa shape index (κ1) is 13.6. The number of rotatable bonds is 4. The number of amides is 2. The molecule has 19 heavy (non-hydrogen) atoms. The van der Waals surface area contributed by atoms with Crippen LogP contribution in [-0.2, 0) is 16.1 Å². The highest BCUT2D eigenvalue weighted by Crippen LogP contribution is 2.15. The molecule has 0 unspecified atom stereocenters. The van der Waals surface area contributed by atoms with Crippen molar-refractivity contribution >= 4 is 11.8 Å². The maximum Gasteiger partial charge on any atom is 0.242 e. The van der Waals surface area contributed by atoms with Crippen molar-refractivity contribution in [1.29, 1.82) is 0 Å². The fourth-order valence-electron chi connectivity index (χ4n) is 2.29. The Balaban J connectivity index is 1.76. The monoisotopic (exact) mass is 264 g/mol. The number of hydrogen-bond donors (Lipinski definition) is 2. The van der Waals surface area contributed by atoms with Crippen LogP contribution in [0.25, 0.3) is 0 Å². The zero-order valence-electron chi connectivity index (χ0n) is 11.3. The molecule has 0 bridgehead atoms. The maximum atomic E-state index is 11.9. The van der Waals surface area contributed by atoms with Gasteiger partial charge in [0.1, 0.15) is 6.04 Å². The van der Waals surface area contributed by atoms with Crippen molar-refractivity contribution in [3.8, 4) is 0 Å². The zero-order chi connectivity index (χ0) is 13.8. The topological polar surface area (TPSA) is 76.0 Å². The largest absolute Gasteiger partial charge is 0.352 e. The minimum Gasteiger partial charge on any atom is -0.352 e. The Kier molecular flexibility index (Phi) is 4.19. The van der Waals surface area contributed by atoms with Gasteiger partial charge in [0.2, 0.25) is 11.8 Å². The van der Waals surface area contributed by atoms with Crippen molar-refractivity contribution in [2.45, 2.75) is 39.3 Å². The molecule has 104 valence electrons. The van der Waals surface area contributed by atoms with E-state index in [0.717, 1.165) is 5.56 Å². The van der Waals surface area contributed by atoms with Crippen LogP contribution in [0.1, 0.15) is 25.3 Å². The molecule has 6 nitrogen and oxygen atoms in total. The lowest BCUT2D eigenvalue weighted by Gasteiger charge is -2.26. The lowest BCUT2D eigenvalue weighted by Crippen LogP contribution is -2.51. The average molecular weight is 264 g/mol. The molecular formula is C13H20N4O2. The molecule has 1 aliphatic rings. The normalized spacial score (nSPS) is 22.9. The fourth-order valence-corrected chi connectivity index (χ4v) is 2.29. The Morgan fingerprint density at radius 2 is 2.42 bits per heavy atom. The number of nitrogens with zero attached hydrogens (tertiary/aromatic N) is 2. The number of aryl methyl sites for hydroxylation is 1. The summed E-state index contributed by atoms with van der Waals surface area (Å²) in [7, 11) is 0. The summed E-state index contributed by atoms with van der Waals surface area (Å²) in [6, 6.07) is -0.393. The predicted molar refractivity (Wildman–Crippen MR) is 70.3 cm³/mol. The number of carbonyl (C=O) groups is 2. The predicted octanol–water partition coefficient (Wildman–Crippen LogP) is 0.222. The maximum absolute atomic E-state index is 11.9. The number of nitrogens with one attached hydrogen (secondary N) is 2. The standard InChI is InChI=1S/C13H20N4O2/c1-9-5-11(16-12(18)6-9)13(19)14-3-4-17-8-10(2)7-15-17/h7-9,11H,3-6H2,1-2H3,(H,14,19)(H,16,18)/t9-,11-/m0/s1. The summed E-state index contributed by atoms with van der Waals surface area (Å²) in [5, 5.41) is 9.71. The van der Waals surface area contributed by atoms with Crippen molar-refractivity contribution in [2.75, 3.05) is 6.54 Å². The Morgan fingerprint density at radius 3 is 3.05 bits per heavy atom. The molecule has 0 saturated carbocycles. The van der Waals surface area contributed by atoms with E-state index in [1.165, 1.54) is 0 Å². The molecule has 6 heteroatoms. The van der Waals surface area contributed by atoms with E-state index >= 15 is 0 Å². The van der Waals surface area contributed by atoms with Crippen molar-refractivity contribution in [2.24, 2.45) is 5.92 Å². The van der Waals surface area contributed by atoms with Gasteiger partial charge in [-0.1, -0.05) is 6.92 Å². The first-order valence-corrected chi connectivity index (χ1v) is 6.60. The highest BCUT2D eigenvalue weighted by atomic mass is 16.2. The molecule has 0 aromatic carbocycles. The first-order chi connectivity index (χ1) is 9.04. The van der Waals surface area contributed by atoms with Crippen LogP contribution in [-0.4, -0.2) is 34.2 Å². The van der Waals surface area contributed by atoms with Gasteiger partial charge in [0.15, 0.2) is 0 Å². The number of carbonyl (C=O) groups excluding carboxylic acids is 2. The van der Waals surface area contributed by atoms with Gasteiger partial charge in [-0.15, -0.1) is 0 Å². The second-order valence-electron chi connectivity index (χ2n) is 5.24. The highest BCUT2D eigenvalue weighted by Gasteiger charge is 2.28. The Labute approximate surface area is 112 Å². The molecule has 1 saturated heterocycles. The van der Waals surface area contributed by atoms with E-state index in [1.54, 1.807) is 10.9 Å². The van der Waals surface area contributed by atoms with E-state index in [4.69, 9.17) is 0 Å². The van der Waals surface area contributed by atoms with E-state index < -0.39 is 6.04 Å². The highest BCUT2D eigenvalue weighted by molar-refractivity contribution is 5.88. The number of hydrogen-bond acceptors (Lipinski definition) is 3. The summed E-state index contributed by atoms with van der Waals surface area (Å²) < 4.78 is 1.79. The van der Waals surface area contributed by atoms with Crippen molar-refractivity contribution in [3.05, 3.63) is 18.0 Å². The van der Waals surface area contributed by atoms with Gasteiger partial charge in [-0.25, -0.2) is 0 Å². The molecule has 0 spiro atoms. The van der Waals surface area contributed by atoms with Crippen molar-refractivity contribution in [1.82, 2.24) is 20.4 Å². The summed E-state index contributed by atoms with van der Waals surface area (Å²) in [5.74, 6) is 0.114. The smallest absolute Gasteiger partial charge is 0.242 e. The zero-order valence-corrected chi connectivity index (χ0v) is 11.3. The van der Waals surface area contributed by atoms with Gasteiger partial charge in [0, 0.05) is 19.2 Å². The quantitative estimate of drug-likeness (QED) is 0.817. The fraction of sp³-hybridized carbons (Fsp3) is 0.615. The molecule has 1 aromatic heterocycles. The summed E-state index contributed by atoms with van der Waals surface area (Å²) >= 11 is 0. The summed E-state index contributed by atoms with van der Waals surface area (Å²) in [6.07, 6.45) is 4.93. The minimum atomic E-state index is -0.393. The van der Waals surface area contributed by atoms with E-state index in [-0.39, 0.29) is 17.7 Å². The molecule has 0 radical (unpaired) electrons. The van der Waals surface area contributed by atoms with Crippen LogP contribution in [0.2, 0.25) is 0 Å². The van der Waals surface area contributed by atoms with Crippen LogP contribution in [0.15, 0.2) is 12.4 Å². The van der Waals surface area contributed by atoms with Gasteiger partial charge in [-0.3, -0.25) is 14.3 Å². The molecule has 1 aliphatic heterocycles. The minimum absolute atomic E-state index is 0.0402. The van der Waals surface area contributed by atoms with Gasteiger partial charge in [0.05, 0.1) is 12.7 Å². The molecular weight excluding hydrogens is 244 g/mol. The van der Waals surface area contributed by atoms with Crippen LogP contribution >= 0.6 is 0 Å². The first-order valence-electron chi connectivity index (χ1n) is 6.60. The van der Waals surface area contributed by atoms with Crippen LogP contribution in [0.5, 0.6) is 0 Å². The molecule has 2 N–H and O–H groups in total. The van der Waals surface area contributed by atoms with Gasteiger partial charge in [-0.05, 0) is 24.8 Å². The SMILES string of the molecule is Cc1cnn(CCNC(=O)[C@@H]2C[C@H](C)CC(=O)N2)c1. The molecule has 2 rings (SSSR count). The van der Waals surface area contributed by atoms with E-state index in [0.29, 0.717) is 25.9 Å². The molecule has 2 atom stereocenters. The van der Waals surface area contributed by atoms with Crippen LogP contribution in [0.4, 0.5) is 0 Å². The summed E-state index contributed by atoms with van der Waals surface area (Å²) in [4.78, 5) is 23.3.